The normalized spacial score (nSPS) is 14.0. The zero-order chi connectivity index (χ0) is 16.1. The standard InChI is InChI=1S/C16H23NO4/c1-15(2,3)21-14(19)17-10-16(4,11-18)12-6-8-13(20-5)9-7-12/h6-9,11H,10H2,1-5H3,(H,17,19). The van der Waals surface area contributed by atoms with Gasteiger partial charge in [0.15, 0.2) is 0 Å². The van der Waals surface area contributed by atoms with Gasteiger partial charge in [0, 0.05) is 6.54 Å². The molecule has 0 radical (unpaired) electrons. The van der Waals surface area contributed by atoms with Crippen molar-refractivity contribution < 1.29 is 19.1 Å². The fourth-order valence-electron chi connectivity index (χ4n) is 1.75. The average Bonchev–Trinajstić information content (AvgIpc) is 2.43. The molecule has 0 saturated heterocycles. The molecule has 5 nitrogen and oxygen atoms in total. The van der Waals surface area contributed by atoms with Gasteiger partial charge in [0.25, 0.3) is 0 Å². The number of ether oxygens (including phenoxy) is 2. The third-order valence-corrected chi connectivity index (χ3v) is 3.01. The number of hydrogen-bond donors (Lipinski definition) is 1. The summed E-state index contributed by atoms with van der Waals surface area (Å²) >= 11 is 0. The first kappa shape index (κ1) is 17.0. The molecule has 0 bridgehead atoms. The number of aldehydes is 1. The van der Waals surface area contributed by atoms with Crippen molar-refractivity contribution >= 4 is 12.4 Å². The highest BCUT2D eigenvalue weighted by atomic mass is 16.6. The molecule has 0 fully saturated rings. The van der Waals surface area contributed by atoms with Crippen LogP contribution in [-0.4, -0.2) is 31.6 Å². The zero-order valence-corrected chi connectivity index (χ0v) is 13.2. The molecule has 1 aromatic carbocycles. The predicted molar refractivity (Wildman–Crippen MR) is 80.6 cm³/mol. The van der Waals surface area contributed by atoms with Gasteiger partial charge in [-0.25, -0.2) is 4.79 Å². The smallest absolute Gasteiger partial charge is 0.407 e. The van der Waals surface area contributed by atoms with E-state index in [0.717, 1.165) is 11.8 Å². The minimum atomic E-state index is -0.816. The molecule has 1 aromatic rings. The summed E-state index contributed by atoms with van der Waals surface area (Å²) in [4.78, 5) is 23.1. The third-order valence-electron chi connectivity index (χ3n) is 3.01. The third kappa shape index (κ3) is 5.10. The lowest BCUT2D eigenvalue weighted by molar-refractivity contribution is -0.112. The monoisotopic (exact) mass is 293 g/mol. The Kier molecular flexibility index (Phi) is 5.35. The van der Waals surface area contributed by atoms with Crippen molar-refractivity contribution in [1.29, 1.82) is 0 Å². The van der Waals surface area contributed by atoms with Gasteiger partial charge in [0.1, 0.15) is 17.6 Å². The zero-order valence-electron chi connectivity index (χ0n) is 13.2. The number of alkyl carbamates (subject to hydrolysis) is 1. The van der Waals surface area contributed by atoms with Gasteiger partial charge < -0.3 is 19.6 Å². The van der Waals surface area contributed by atoms with E-state index in [1.54, 1.807) is 46.9 Å². The Bertz CT molecular complexity index is 490. The minimum absolute atomic E-state index is 0.164. The Morgan fingerprint density at radius 2 is 1.76 bits per heavy atom. The van der Waals surface area contributed by atoms with E-state index in [1.165, 1.54) is 0 Å². The molecular formula is C16H23NO4. The van der Waals surface area contributed by atoms with Gasteiger partial charge in [-0.2, -0.15) is 0 Å². The van der Waals surface area contributed by atoms with Crippen LogP contribution in [0.5, 0.6) is 5.75 Å². The summed E-state index contributed by atoms with van der Waals surface area (Å²) in [5, 5.41) is 2.63. The second-order valence-electron chi connectivity index (χ2n) is 6.12. The number of carbonyl (C=O) groups excluding carboxylic acids is 2. The van der Waals surface area contributed by atoms with Crippen LogP contribution in [0.4, 0.5) is 4.79 Å². The van der Waals surface area contributed by atoms with Crippen molar-refractivity contribution in [3.05, 3.63) is 29.8 Å². The molecule has 1 atom stereocenters. The lowest BCUT2D eigenvalue weighted by atomic mass is 9.84. The van der Waals surface area contributed by atoms with Gasteiger partial charge in [0.05, 0.1) is 12.5 Å². The van der Waals surface area contributed by atoms with E-state index in [0.29, 0.717) is 5.75 Å². The number of methoxy groups -OCH3 is 1. The largest absolute Gasteiger partial charge is 0.497 e. The van der Waals surface area contributed by atoms with Gasteiger partial charge in [-0.15, -0.1) is 0 Å². The Morgan fingerprint density at radius 1 is 1.19 bits per heavy atom. The van der Waals surface area contributed by atoms with E-state index in [1.807, 2.05) is 12.1 Å². The van der Waals surface area contributed by atoms with Crippen LogP contribution in [-0.2, 0) is 14.9 Å². The lowest BCUT2D eigenvalue weighted by Gasteiger charge is -2.26. The van der Waals surface area contributed by atoms with E-state index in [2.05, 4.69) is 5.32 Å². The van der Waals surface area contributed by atoms with E-state index in [-0.39, 0.29) is 6.54 Å². The van der Waals surface area contributed by atoms with Gasteiger partial charge in [-0.05, 0) is 45.4 Å². The second-order valence-corrected chi connectivity index (χ2v) is 6.12. The summed E-state index contributed by atoms with van der Waals surface area (Å²) in [5.74, 6) is 0.715. The van der Waals surface area contributed by atoms with E-state index in [4.69, 9.17) is 9.47 Å². The first-order valence-electron chi connectivity index (χ1n) is 6.78. The van der Waals surface area contributed by atoms with Crippen molar-refractivity contribution in [1.82, 2.24) is 5.32 Å². The molecule has 0 heterocycles. The second kappa shape index (κ2) is 6.61. The molecule has 1 unspecified atom stereocenters. The van der Waals surface area contributed by atoms with E-state index < -0.39 is 17.1 Å². The molecule has 1 rings (SSSR count). The van der Waals surface area contributed by atoms with Crippen molar-refractivity contribution in [3.63, 3.8) is 0 Å². The van der Waals surface area contributed by atoms with Crippen LogP contribution < -0.4 is 10.1 Å². The highest BCUT2D eigenvalue weighted by Crippen LogP contribution is 2.23. The number of rotatable bonds is 5. The van der Waals surface area contributed by atoms with Crippen LogP contribution in [0.15, 0.2) is 24.3 Å². The first-order chi connectivity index (χ1) is 9.70. The van der Waals surface area contributed by atoms with Crippen molar-refractivity contribution in [2.24, 2.45) is 0 Å². The number of nitrogens with one attached hydrogen (secondary N) is 1. The van der Waals surface area contributed by atoms with Crippen molar-refractivity contribution in [2.75, 3.05) is 13.7 Å². The van der Waals surface area contributed by atoms with Crippen LogP contribution in [0.2, 0.25) is 0 Å². The summed E-state index contributed by atoms with van der Waals surface area (Å²) < 4.78 is 10.3. The minimum Gasteiger partial charge on any atom is -0.497 e. The molecule has 0 aliphatic carbocycles. The van der Waals surface area contributed by atoms with Crippen LogP contribution in [0, 0.1) is 0 Å². The van der Waals surface area contributed by atoms with Gasteiger partial charge in [-0.1, -0.05) is 12.1 Å². The van der Waals surface area contributed by atoms with Gasteiger partial charge >= 0.3 is 6.09 Å². The summed E-state index contributed by atoms with van der Waals surface area (Å²) in [6.07, 6.45) is 0.288. The van der Waals surface area contributed by atoms with Gasteiger partial charge in [0.2, 0.25) is 0 Å². The molecule has 0 spiro atoms. The highest BCUT2D eigenvalue weighted by molar-refractivity contribution is 5.72. The maximum absolute atomic E-state index is 11.7. The molecule has 1 amide bonds. The summed E-state index contributed by atoms with van der Waals surface area (Å²) in [6.45, 7) is 7.29. The summed E-state index contributed by atoms with van der Waals surface area (Å²) in [7, 11) is 1.58. The Hall–Kier alpha value is -2.04. The molecule has 0 aromatic heterocycles. The average molecular weight is 293 g/mol. The highest BCUT2D eigenvalue weighted by Gasteiger charge is 2.28. The molecule has 5 heteroatoms. The molecule has 0 aliphatic rings. The summed E-state index contributed by atoms with van der Waals surface area (Å²) in [6, 6.07) is 7.18. The topological polar surface area (TPSA) is 64.6 Å². The lowest BCUT2D eigenvalue weighted by Crippen LogP contribution is -2.42. The van der Waals surface area contributed by atoms with E-state index in [9.17, 15) is 9.59 Å². The molecule has 21 heavy (non-hydrogen) atoms. The van der Waals surface area contributed by atoms with E-state index >= 15 is 0 Å². The van der Waals surface area contributed by atoms with Crippen LogP contribution in [0.1, 0.15) is 33.3 Å². The van der Waals surface area contributed by atoms with Crippen LogP contribution in [0.25, 0.3) is 0 Å². The first-order valence-corrected chi connectivity index (χ1v) is 6.78. The van der Waals surface area contributed by atoms with Crippen LogP contribution in [0.3, 0.4) is 0 Å². The van der Waals surface area contributed by atoms with Gasteiger partial charge in [-0.3, -0.25) is 0 Å². The van der Waals surface area contributed by atoms with Crippen LogP contribution >= 0.6 is 0 Å². The molecule has 0 saturated carbocycles. The molecule has 116 valence electrons. The maximum atomic E-state index is 11.7. The van der Waals surface area contributed by atoms with Crippen molar-refractivity contribution in [2.45, 2.75) is 38.7 Å². The Labute approximate surface area is 125 Å². The SMILES string of the molecule is COc1ccc(C(C)(C=O)CNC(=O)OC(C)(C)C)cc1. The molecule has 1 N–H and O–H groups in total. The number of carbonyl (C=O) groups is 2. The number of amides is 1. The number of hydrogen-bond acceptors (Lipinski definition) is 4. The maximum Gasteiger partial charge on any atom is 0.407 e. The Morgan fingerprint density at radius 3 is 2.19 bits per heavy atom. The fraction of sp³-hybridized carbons (Fsp3) is 0.500. The fourth-order valence-corrected chi connectivity index (χ4v) is 1.75. The number of benzene rings is 1. The quantitative estimate of drug-likeness (QED) is 0.848. The Balaban J connectivity index is 2.75. The predicted octanol–water partition coefficient (Wildman–Crippen LogP) is 2.68. The van der Waals surface area contributed by atoms with Crippen molar-refractivity contribution in [3.8, 4) is 5.75 Å². The molecule has 0 aliphatic heterocycles. The summed E-state index contributed by atoms with van der Waals surface area (Å²) in [5.41, 5.74) is -0.584. The molecular weight excluding hydrogens is 270 g/mol.